The van der Waals surface area contributed by atoms with E-state index in [1.54, 1.807) is 4.57 Å². The lowest BCUT2D eigenvalue weighted by atomic mass is 10.1. The third kappa shape index (κ3) is 3.68. The van der Waals surface area contributed by atoms with Gasteiger partial charge in [0.25, 0.3) is 0 Å². The number of hydrogen-bond donors (Lipinski definition) is 0. The van der Waals surface area contributed by atoms with Gasteiger partial charge in [-0.25, -0.2) is 4.79 Å². The summed E-state index contributed by atoms with van der Waals surface area (Å²) in [5.74, 6) is -0.0518. The van der Waals surface area contributed by atoms with E-state index >= 15 is 0 Å². The van der Waals surface area contributed by atoms with Gasteiger partial charge in [-0.1, -0.05) is 12.1 Å². The van der Waals surface area contributed by atoms with Gasteiger partial charge in [0.2, 0.25) is 5.91 Å². The van der Waals surface area contributed by atoms with Gasteiger partial charge in [0.15, 0.2) is 5.58 Å². The number of likely N-dealkylation sites (tertiary alicyclic amines) is 1. The zero-order valence-electron chi connectivity index (χ0n) is 15.1. The molecule has 26 heavy (non-hydrogen) atoms. The molecule has 1 aromatic carbocycles. The van der Waals surface area contributed by atoms with Crippen molar-refractivity contribution in [3.63, 3.8) is 0 Å². The number of amides is 1. The monoisotopic (exact) mass is 358 g/mol. The molecule has 140 valence electrons. The first-order chi connectivity index (χ1) is 12.7. The Bertz CT molecular complexity index is 814. The molecule has 7 nitrogen and oxygen atoms in total. The Kier molecular flexibility index (Phi) is 5.08. The van der Waals surface area contributed by atoms with Crippen molar-refractivity contribution < 1.29 is 9.21 Å². The number of rotatable bonds is 4. The van der Waals surface area contributed by atoms with Crippen LogP contribution in [-0.4, -0.2) is 71.0 Å². The minimum absolute atomic E-state index is 0.259. The quantitative estimate of drug-likeness (QED) is 0.821. The summed E-state index contributed by atoms with van der Waals surface area (Å²) in [5, 5.41) is 0. The highest BCUT2D eigenvalue weighted by molar-refractivity contribution is 5.78. The molecule has 2 aliphatic heterocycles. The molecule has 1 aromatic heterocycles. The first-order valence-corrected chi connectivity index (χ1v) is 9.51. The number of nitrogens with zero attached hydrogens (tertiary/aromatic N) is 4. The van der Waals surface area contributed by atoms with Crippen LogP contribution >= 0.6 is 0 Å². The van der Waals surface area contributed by atoms with Crippen molar-refractivity contribution in [2.75, 3.05) is 45.8 Å². The molecule has 3 heterocycles. The van der Waals surface area contributed by atoms with Gasteiger partial charge in [-0.3, -0.25) is 19.2 Å². The Morgan fingerprint density at radius 1 is 0.923 bits per heavy atom. The molecule has 7 heteroatoms. The molecular formula is C19H26N4O3. The van der Waals surface area contributed by atoms with Gasteiger partial charge < -0.3 is 9.32 Å². The lowest BCUT2D eigenvalue weighted by Crippen LogP contribution is -2.51. The maximum atomic E-state index is 12.4. The van der Waals surface area contributed by atoms with Crippen molar-refractivity contribution in [2.45, 2.75) is 25.9 Å². The fourth-order valence-electron chi connectivity index (χ4n) is 3.87. The molecule has 0 N–H and O–H groups in total. The number of aromatic nitrogens is 1. The third-order valence-corrected chi connectivity index (χ3v) is 5.45. The Morgan fingerprint density at radius 2 is 1.62 bits per heavy atom. The first kappa shape index (κ1) is 17.3. The largest absolute Gasteiger partial charge is 0.421 e. The molecule has 0 saturated carbocycles. The summed E-state index contributed by atoms with van der Waals surface area (Å²) in [6, 6.07) is 7.51. The molecular weight excluding hydrogens is 332 g/mol. The van der Waals surface area contributed by atoms with Crippen LogP contribution in [0.15, 0.2) is 33.5 Å². The number of oxazole rings is 1. The lowest BCUT2D eigenvalue weighted by molar-refractivity contribution is -0.133. The number of carbonyl (C=O) groups excluding carboxylic acids is 1. The summed E-state index contributed by atoms with van der Waals surface area (Å²) in [6.07, 6.45) is 3.50. The van der Waals surface area contributed by atoms with Gasteiger partial charge in [0, 0.05) is 39.3 Å². The SMILES string of the molecule is O=C(CN1CCN(Cn2c(=O)oc3ccccc32)CC1)N1CCCCC1. The van der Waals surface area contributed by atoms with Crippen LogP contribution in [0.4, 0.5) is 0 Å². The fourth-order valence-corrected chi connectivity index (χ4v) is 3.87. The smallest absolute Gasteiger partial charge is 0.408 e. The second-order valence-corrected chi connectivity index (χ2v) is 7.24. The summed E-state index contributed by atoms with van der Waals surface area (Å²) >= 11 is 0. The highest BCUT2D eigenvalue weighted by Gasteiger charge is 2.23. The van der Waals surface area contributed by atoms with Crippen molar-refractivity contribution in [3.8, 4) is 0 Å². The molecule has 0 radical (unpaired) electrons. The zero-order valence-corrected chi connectivity index (χ0v) is 15.1. The average molecular weight is 358 g/mol. The number of hydrogen-bond acceptors (Lipinski definition) is 5. The molecule has 2 saturated heterocycles. The number of benzene rings is 1. The predicted octanol–water partition coefficient (Wildman–Crippen LogP) is 1.18. The fraction of sp³-hybridized carbons (Fsp3) is 0.579. The predicted molar refractivity (Wildman–Crippen MR) is 98.9 cm³/mol. The maximum absolute atomic E-state index is 12.4. The Morgan fingerprint density at radius 3 is 2.38 bits per heavy atom. The molecule has 0 aliphatic carbocycles. The van der Waals surface area contributed by atoms with E-state index in [-0.39, 0.29) is 11.7 Å². The van der Waals surface area contributed by atoms with Crippen molar-refractivity contribution in [1.29, 1.82) is 0 Å². The Balaban J connectivity index is 1.31. The van der Waals surface area contributed by atoms with E-state index in [0.29, 0.717) is 18.8 Å². The number of fused-ring (bicyclic) bond motifs is 1. The average Bonchev–Trinajstić information content (AvgIpc) is 2.99. The molecule has 0 bridgehead atoms. The number of carbonyl (C=O) groups is 1. The highest BCUT2D eigenvalue weighted by Crippen LogP contribution is 2.14. The maximum Gasteiger partial charge on any atom is 0.421 e. The van der Waals surface area contributed by atoms with Crippen LogP contribution in [0.25, 0.3) is 11.1 Å². The van der Waals surface area contributed by atoms with Gasteiger partial charge in [0.05, 0.1) is 18.7 Å². The van der Waals surface area contributed by atoms with Crippen molar-refractivity contribution in [3.05, 3.63) is 34.8 Å². The third-order valence-electron chi connectivity index (χ3n) is 5.45. The minimum Gasteiger partial charge on any atom is -0.408 e. The number of piperazine rings is 1. The van der Waals surface area contributed by atoms with Gasteiger partial charge in [0.1, 0.15) is 0 Å². The van der Waals surface area contributed by atoms with Crippen LogP contribution in [0.3, 0.4) is 0 Å². The Hall–Kier alpha value is -2.12. The molecule has 2 aliphatic rings. The molecule has 2 aromatic rings. The molecule has 2 fully saturated rings. The molecule has 4 rings (SSSR count). The highest BCUT2D eigenvalue weighted by atomic mass is 16.4. The van der Waals surface area contributed by atoms with Crippen molar-refractivity contribution in [1.82, 2.24) is 19.3 Å². The molecule has 0 spiro atoms. The number of para-hydroxylation sites is 2. The van der Waals surface area contributed by atoms with E-state index in [0.717, 1.165) is 57.6 Å². The second kappa shape index (κ2) is 7.63. The van der Waals surface area contributed by atoms with E-state index in [2.05, 4.69) is 9.80 Å². The van der Waals surface area contributed by atoms with Gasteiger partial charge >= 0.3 is 5.76 Å². The van der Waals surface area contributed by atoms with Crippen LogP contribution in [0.5, 0.6) is 0 Å². The molecule has 0 atom stereocenters. The van der Waals surface area contributed by atoms with E-state index in [1.165, 1.54) is 6.42 Å². The van der Waals surface area contributed by atoms with E-state index in [1.807, 2.05) is 29.2 Å². The summed E-state index contributed by atoms with van der Waals surface area (Å²) < 4.78 is 6.99. The van der Waals surface area contributed by atoms with Crippen LogP contribution in [0.1, 0.15) is 19.3 Å². The lowest BCUT2D eigenvalue weighted by Gasteiger charge is -2.36. The topological polar surface area (TPSA) is 61.9 Å². The second-order valence-electron chi connectivity index (χ2n) is 7.24. The van der Waals surface area contributed by atoms with E-state index < -0.39 is 0 Å². The molecule has 1 amide bonds. The standard InChI is InChI=1S/C19H26N4O3/c24-18(22-8-4-1-5-9-22)14-20-10-12-21(13-11-20)15-23-16-6-2-3-7-17(16)26-19(23)25/h2-3,6-7H,1,4-5,8-15H2. The molecule has 0 unspecified atom stereocenters. The van der Waals surface area contributed by atoms with Crippen LogP contribution < -0.4 is 5.76 Å². The van der Waals surface area contributed by atoms with Crippen LogP contribution in [-0.2, 0) is 11.5 Å². The van der Waals surface area contributed by atoms with Crippen LogP contribution in [0, 0.1) is 0 Å². The summed E-state index contributed by atoms with van der Waals surface area (Å²) in [7, 11) is 0. The van der Waals surface area contributed by atoms with Crippen molar-refractivity contribution >= 4 is 17.0 Å². The first-order valence-electron chi connectivity index (χ1n) is 9.51. The Labute approximate surface area is 152 Å². The summed E-state index contributed by atoms with van der Waals surface area (Å²) in [6.45, 7) is 6.27. The van der Waals surface area contributed by atoms with Crippen molar-refractivity contribution in [2.24, 2.45) is 0 Å². The van der Waals surface area contributed by atoms with E-state index in [9.17, 15) is 9.59 Å². The summed E-state index contributed by atoms with van der Waals surface area (Å²) in [4.78, 5) is 31.0. The van der Waals surface area contributed by atoms with Gasteiger partial charge in [-0.05, 0) is 31.4 Å². The van der Waals surface area contributed by atoms with Gasteiger partial charge in [-0.15, -0.1) is 0 Å². The summed E-state index contributed by atoms with van der Waals surface area (Å²) in [5.41, 5.74) is 1.46. The zero-order chi connectivity index (χ0) is 17.9. The van der Waals surface area contributed by atoms with E-state index in [4.69, 9.17) is 4.42 Å². The number of piperidine rings is 1. The van der Waals surface area contributed by atoms with Crippen LogP contribution in [0.2, 0.25) is 0 Å². The van der Waals surface area contributed by atoms with Gasteiger partial charge in [-0.2, -0.15) is 0 Å². The minimum atomic E-state index is -0.311. The normalized spacial score (nSPS) is 19.9.